The second kappa shape index (κ2) is 7.26. The highest BCUT2D eigenvalue weighted by atomic mass is 79.9. The van der Waals surface area contributed by atoms with Crippen molar-refractivity contribution in [3.63, 3.8) is 0 Å². The minimum Gasteiger partial charge on any atom is -0.496 e. The number of benzene rings is 2. The van der Waals surface area contributed by atoms with Gasteiger partial charge < -0.3 is 4.74 Å². The van der Waals surface area contributed by atoms with Crippen molar-refractivity contribution in [2.45, 2.75) is 12.3 Å². The summed E-state index contributed by atoms with van der Waals surface area (Å²) in [5, 5.41) is 0. The van der Waals surface area contributed by atoms with Gasteiger partial charge in [0.1, 0.15) is 5.75 Å². The topological polar surface area (TPSA) is 46.6 Å². The number of para-hydroxylation sites is 1. The van der Waals surface area contributed by atoms with Gasteiger partial charge in [-0.15, -0.1) is 0 Å². The smallest absolute Gasteiger partial charge is 0.218 e. The van der Waals surface area contributed by atoms with E-state index in [2.05, 4.69) is 15.9 Å². The molecule has 0 unspecified atom stereocenters. The minimum absolute atomic E-state index is 0.0219. The number of hydrogen-bond donors (Lipinski definition) is 0. The Balaban J connectivity index is 2.13. The van der Waals surface area contributed by atoms with E-state index in [0.717, 1.165) is 15.6 Å². The molecule has 0 aliphatic rings. The van der Waals surface area contributed by atoms with Crippen LogP contribution in [0, 0.1) is 0 Å². The first-order chi connectivity index (χ1) is 10.4. The van der Waals surface area contributed by atoms with Gasteiger partial charge in [-0.2, -0.15) is 0 Å². The molecule has 0 aromatic heterocycles. The number of ether oxygens (including phenoxy) is 1. The molecular weight excluding hydrogens is 366 g/mol. The summed E-state index contributed by atoms with van der Waals surface area (Å²) in [4.78, 5) is 0. The maximum absolute atomic E-state index is 12.5. The van der Waals surface area contributed by atoms with Crippen molar-refractivity contribution < 1.29 is 13.2 Å². The van der Waals surface area contributed by atoms with E-state index in [0.29, 0.717) is 5.75 Å². The molecule has 0 radical (unpaired) electrons. The van der Waals surface area contributed by atoms with Crippen LogP contribution >= 0.6 is 15.9 Å². The second-order valence-corrected chi connectivity index (χ2v) is 7.94. The van der Waals surface area contributed by atoms with Gasteiger partial charge >= 0.3 is 0 Å². The van der Waals surface area contributed by atoms with Gasteiger partial charge in [-0.3, -0.25) is 0 Å². The van der Waals surface area contributed by atoms with Gasteiger partial charge in [0.25, 0.3) is 0 Å². The first-order valence-corrected chi connectivity index (χ1v) is 9.13. The van der Waals surface area contributed by atoms with Crippen LogP contribution in [-0.4, -0.2) is 26.9 Å². The molecule has 0 bridgehead atoms. The van der Waals surface area contributed by atoms with Crippen LogP contribution in [0.3, 0.4) is 0 Å². The third-order valence-electron chi connectivity index (χ3n) is 3.32. The maximum Gasteiger partial charge on any atom is 0.218 e. The van der Waals surface area contributed by atoms with Gasteiger partial charge in [0.05, 0.1) is 12.9 Å². The van der Waals surface area contributed by atoms with Crippen molar-refractivity contribution in [2.75, 3.05) is 14.2 Å². The molecule has 0 spiro atoms. The van der Waals surface area contributed by atoms with Gasteiger partial charge in [-0.05, 0) is 23.8 Å². The Labute approximate surface area is 139 Å². The molecular formula is C16H18BrNO3S. The summed E-state index contributed by atoms with van der Waals surface area (Å²) in [6.07, 6.45) is 0. The molecule has 118 valence electrons. The van der Waals surface area contributed by atoms with E-state index in [1.54, 1.807) is 26.3 Å². The van der Waals surface area contributed by atoms with Crippen molar-refractivity contribution in [3.05, 3.63) is 64.1 Å². The summed E-state index contributed by atoms with van der Waals surface area (Å²) in [5.74, 6) is 0.666. The summed E-state index contributed by atoms with van der Waals surface area (Å²) in [6.45, 7) is 0.281. The number of rotatable bonds is 6. The molecule has 0 N–H and O–H groups in total. The summed E-state index contributed by atoms with van der Waals surface area (Å²) in [6, 6.07) is 14.7. The predicted molar refractivity (Wildman–Crippen MR) is 91.2 cm³/mol. The Bertz CT molecular complexity index is 729. The SMILES string of the molecule is COc1ccccc1CN(C)S(=O)(=O)Cc1ccc(Br)cc1. The van der Waals surface area contributed by atoms with Gasteiger partial charge in [-0.25, -0.2) is 12.7 Å². The van der Waals surface area contributed by atoms with E-state index in [9.17, 15) is 8.42 Å². The number of methoxy groups -OCH3 is 1. The van der Waals surface area contributed by atoms with Gasteiger partial charge in [0.2, 0.25) is 10.0 Å². The zero-order chi connectivity index (χ0) is 16.2. The summed E-state index contributed by atoms with van der Waals surface area (Å²) in [7, 11) is -0.224. The molecule has 4 nitrogen and oxygen atoms in total. The summed E-state index contributed by atoms with van der Waals surface area (Å²) < 4.78 is 32.5. The Morgan fingerprint density at radius 1 is 1.09 bits per heavy atom. The van der Waals surface area contributed by atoms with Crippen LogP contribution < -0.4 is 4.74 Å². The third kappa shape index (κ3) is 4.32. The van der Waals surface area contributed by atoms with Crippen LogP contribution in [0.2, 0.25) is 0 Å². The monoisotopic (exact) mass is 383 g/mol. The second-order valence-electron chi connectivity index (χ2n) is 4.95. The Hall–Kier alpha value is -1.37. The van der Waals surface area contributed by atoms with Crippen LogP contribution in [0.4, 0.5) is 0 Å². The maximum atomic E-state index is 12.5. The van der Waals surface area contributed by atoms with Gasteiger partial charge in [0, 0.05) is 23.6 Å². The standard InChI is InChI=1S/C16H18BrNO3S/c1-18(11-14-5-3-4-6-16(14)21-2)22(19,20)12-13-7-9-15(17)10-8-13/h3-10H,11-12H2,1-2H3. The molecule has 2 rings (SSSR count). The number of nitrogens with zero attached hydrogens (tertiary/aromatic N) is 1. The van der Waals surface area contributed by atoms with E-state index >= 15 is 0 Å². The Kier molecular flexibility index (Phi) is 5.61. The van der Waals surface area contributed by atoms with E-state index < -0.39 is 10.0 Å². The third-order valence-corrected chi connectivity index (χ3v) is 5.63. The number of halogens is 1. The molecule has 0 fully saturated rings. The average Bonchev–Trinajstić information content (AvgIpc) is 2.50. The molecule has 0 saturated heterocycles. The molecule has 0 saturated carbocycles. The lowest BCUT2D eigenvalue weighted by atomic mass is 10.2. The highest BCUT2D eigenvalue weighted by Crippen LogP contribution is 2.21. The summed E-state index contributed by atoms with van der Waals surface area (Å²) in [5.41, 5.74) is 1.60. The molecule has 6 heteroatoms. The first kappa shape index (κ1) is 17.0. The summed E-state index contributed by atoms with van der Waals surface area (Å²) >= 11 is 3.34. The van der Waals surface area contributed by atoms with Crippen LogP contribution in [-0.2, 0) is 22.3 Å². The molecule has 0 atom stereocenters. The Morgan fingerprint density at radius 3 is 2.36 bits per heavy atom. The van der Waals surface area contributed by atoms with Crippen LogP contribution in [0.15, 0.2) is 53.0 Å². The fourth-order valence-corrected chi connectivity index (χ4v) is 3.51. The first-order valence-electron chi connectivity index (χ1n) is 6.73. The van der Waals surface area contributed by atoms with Crippen LogP contribution in [0.5, 0.6) is 5.75 Å². The molecule has 22 heavy (non-hydrogen) atoms. The van der Waals surface area contributed by atoms with Gasteiger partial charge in [-0.1, -0.05) is 46.3 Å². The lowest BCUT2D eigenvalue weighted by Gasteiger charge is -2.18. The van der Waals surface area contributed by atoms with E-state index in [1.807, 2.05) is 36.4 Å². The van der Waals surface area contributed by atoms with Crippen molar-refractivity contribution >= 4 is 26.0 Å². The predicted octanol–water partition coefficient (Wildman–Crippen LogP) is 3.42. The highest BCUT2D eigenvalue weighted by Gasteiger charge is 2.20. The zero-order valence-corrected chi connectivity index (χ0v) is 14.9. The van der Waals surface area contributed by atoms with Crippen molar-refractivity contribution in [3.8, 4) is 5.75 Å². The quantitative estimate of drug-likeness (QED) is 0.767. The fraction of sp³-hybridized carbons (Fsp3) is 0.250. The largest absolute Gasteiger partial charge is 0.496 e. The number of sulfonamides is 1. The number of hydrogen-bond acceptors (Lipinski definition) is 3. The van der Waals surface area contributed by atoms with E-state index in [4.69, 9.17) is 4.74 Å². The van der Waals surface area contributed by atoms with Crippen molar-refractivity contribution in [1.29, 1.82) is 0 Å². The highest BCUT2D eigenvalue weighted by molar-refractivity contribution is 9.10. The zero-order valence-electron chi connectivity index (χ0n) is 12.5. The molecule has 0 heterocycles. The van der Waals surface area contributed by atoms with Gasteiger partial charge in [0.15, 0.2) is 0 Å². The minimum atomic E-state index is -3.39. The normalized spacial score (nSPS) is 11.6. The molecule has 0 aliphatic heterocycles. The van der Waals surface area contributed by atoms with E-state index in [1.165, 1.54) is 4.31 Å². The molecule has 0 amide bonds. The lowest BCUT2D eigenvalue weighted by Crippen LogP contribution is -2.27. The molecule has 2 aromatic rings. The average molecular weight is 384 g/mol. The van der Waals surface area contributed by atoms with Crippen molar-refractivity contribution in [1.82, 2.24) is 4.31 Å². The van der Waals surface area contributed by atoms with Crippen LogP contribution in [0.25, 0.3) is 0 Å². The molecule has 0 aliphatic carbocycles. The Morgan fingerprint density at radius 2 is 1.73 bits per heavy atom. The van der Waals surface area contributed by atoms with E-state index in [-0.39, 0.29) is 12.3 Å². The fourth-order valence-electron chi connectivity index (χ4n) is 2.07. The van der Waals surface area contributed by atoms with Crippen LogP contribution in [0.1, 0.15) is 11.1 Å². The van der Waals surface area contributed by atoms with Crippen molar-refractivity contribution in [2.24, 2.45) is 0 Å². The molecule has 2 aromatic carbocycles. The lowest BCUT2D eigenvalue weighted by molar-refractivity contribution is 0.398.